The Bertz CT molecular complexity index is 403. The van der Waals surface area contributed by atoms with E-state index in [4.69, 9.17) is 4.74 Å². The van der Waals surface area contributed by atoms with Crippen molar-refractivity contribution in [2.24, 2.45) is 11.8 Å². The smallest absolute Gasteiger partial charge is 0.160 e. The molecule has 0 fully saturated rings. The van der Waals surface area contributed by atoms with Crippen molar-refractivity contribution in [3.63, 3.8) is 0 Å². The van der Waals surface area contributed by atoms with E-state index in [-0.39, 0.29) is 0 Å². The number of nitrogens with zero attached hydrogens (tertiary/aromatic N) is 2. The Hall–Kier alpha value is -1.16. The maximum atomic E-state index is 5.83. The summed E-state index contributed by atoms with van der Waals surface area (Å²) in [4.78, 5) is 9.04. The summed E-state index contributed by atoms with van der Waals surface area (Å²) in [5, 5.41) is 3.43. The van der Waals surface area contributed by atoms with E-state index in [0.29, 0.717) is 24.4 Å². The lowest BCUT2D eigenvalue weighted by Gasteiger charge is -2.15. The average molecular weight is 279 g/mol. The van der Waals surface area contributed by atoms with Gasteiger partial charge >= 0.3 is 0 Å². The van der Waals surface area contributed by atoms with Gasteiger partial charge in [0.15, 0.2) is 5.75 Å². The molecule has 20 heavy (non-hydrogen) atoms. The fourth-order valence-corrected chi connectivity index (χ4v) is 1.68. The number of rotatable bonds is 8. The molecule has 1 aromatic heterocycles. The van der Waals surface area contributed by atoms with Gasteiger partial charge < -0.3 is 10.1 Å². The Balaban J connectivity index is 2.79. The van der Waals surface area contributed by atoms with E-state index in [1.54, 1.807) is 0 Å². The van der Waals surface area contributed by atoms with E-state index in [0.717, 1.165) is 30.4 Å². The zero-order valence-electron chi connectivity index (χ0n) is 13.7. The molecule has 0 aromatic carbocycles. The molecule has 0 saturated carbocycles. The van der Waals surface area contributed by atoms with Gasteiger partial charge in [0.1, 0.15) is 5.82 Å². The lowest BCUT2D eigenvalue weighted by molar-refractivity contribution is 0.265. The number of hydrogen-bond acceptors (Lipinski definition) is 4. The van der Waals surface area contributed by atoms with E-state index < -0.39 is 0 Å². The van der Waals surface area contributed by atoms with Crippen LogP contribution < -0.4 is 10.1 Å². The quantitative estimate of drug-likeness (QED) is 0.792. The van der Waals surface area contributed by atoms with Crippen LogP contribution >= 0.6 is 0 Å². The van der Waals surface area contributed by atoms with Crippen LogP contribution in [0.4, 0.5) is 0 Å². The fraction of sp³-hybridized carbons (Fsp3) is 0.750. The summed E-state index contributed by atoms with van der Waals surface area (Å²) in [7, 11) is 0. The Morgan fingerprint density at radius 2 is 1.80 bits per heavy atom. The Morgan fingerprint density at radius 3 is 2.35 bits per heavy atom. The molecule has 0 bridgehead atoms. The maximum absolute atomic E-state index is 5.83. The standard InChI is InChI=1S/C16H29N3O/c1-11(2)7-17-8-14-15(20-10-12(3)4)9-18-16(19-14)13(5)6/h9,11-13,17H,7-8,10H2,1-6H3. The average Bonchev–Trinajstić information content (AvgIpc) is 2.36. The first kappa shape index (κ1) is 16.9. The van der Waals surface area contributed by atoms with Crippen LogP contribution in [-0.4, -0.2) is 23.1 Å². The zero-order chi connectivity index (χ0) is 15.1. The van der Waals surface area contributed by atoms with E-state index >= 15 is 0 Å². The largest absolute Gasteiger partial charge is 0.490 e. The van der Waals surface area contributed by atoms with Crippen LogP contribution in [0.3, 0.4) is 0 Å². The number of nitrogens with one attached hydrogen (secondary N) is 1. The van der Waals surface area contributed by atoms with Gasteiger partial charge in [-0.2, -0.15) is 0 Å². The van der Waals surface area contributed by atoms with Gasteiger partial charge in [0.05, 0.1) is 18.5 Å². The zero-order valence-corrected chi connectivity index (χ0v) is 13.7. The number of hydrogen-bond donors (Lipinski definition) is 1. The van der Waals surface area contributed by atoms with Gasteiger partial charge in [-0.1, -0.05) is 41.5 Å². The summed E-state index contributed by atoms with van der Waals surface area (Å²) in [5.41, 5.74) is 0.963. The molecule has 114 valence electrons. The Labute approximate surface area is 123 Å². The third-order valence-electron chi connectivity index (χ3n) is 2.78. The summed E-state index contributed by atoms with van der Waals surface area (Å²) in [5.74, 6) is 3.14. The van der Waals surface area contributed by atoms with Gasteiger partial charge in [-0.3, -0.25) is 0 Å². The first-order valence-corrected chi connectivity index (χ1v) is 7.59. The molecule has 0 radical (unpaired) electrons. The molecule has 1 N–H and O–H groups in total. The molecule has 0 saturated heterocycles. The van der Waals surface area contributed by atoms with Crippen LogP contribution in [-0.2, 0) is 6.54 Å². The van der Waals surface area contributed by atoms with Crippen molar-refractivity contribution >= 4 is 0 Å². The number of ether oxygens (including phenoxy) is 1. The van der Waals surface area contributed by atoms with E-state index in [9.17, 15) is 0 Å². The highest BCUT2D eigenvalue weighted by Gasteiger charge is 2.11. The van der Waals surface area contributed by atoms with Gasteiger partial charge in [0, 0.05) is 12.5 Å². The van der Waals surface area contributed by atoms with Crippen molar-refractivity contribution in [2.75, 3.05) is 13.2 Å². The van der Waals surface area contributed by atoms with Crippen LogP contribution in [0.15, 0.2) is 6.20 Å². The molecule has 0 atom stereocenters. The van der Waals surface area contributed by atoms with Crippen LogP contribution in [0.2, 0.25) is 0 Å². The van der Waals surface area contributed by atoms with Crippen LogP contribution in [0.25, 0.3) is 0 Å². The molecule has 0 amide bonds. The van der Waals surface area contributed by atoms with Gasteiger partial charge in [0.2, 0.25) is 0 Å². The van der Waals surface area contributed by atoms with Crippen LogP contribution in [0, 0.1) is 11.8 Å². The summed E-state index contributed by atoms with van der Waals surface area (Å²) in [6, 6.07) is 0. The highest BCUT2D eigenvalue weighted by Crippen LogP contribution is 2.19. The van der Waals surface area contributed by atoms with Gasteiger partial charge in [-0.05, 0) is 18.4 Å². The third-order valence-corrected chi connectivity index (χ3v) is 2.78. The summed E-state index contributed by atoms with van der Waals surface area (Å²) in [6.07, 6.45) is 1.82. The van der Waals surface area contributed by atoms with E-state index in [1.165, 1.54) is 0 Å². The second-order valence-electron chi connectivity index (χ2n) is 6.42. The predicted molar refractivity (Wildman–Crippen MR) is 83.0 cm³/mol. The topological polar surface area (TPSA) is 47.0 Å². The van der Waals surface area contributed by atoms with Crippen molar-refractivity contribution in [3.8, 4) is 5.75 Å². The summed E-state index contributed by atoms with van der Waals surface area (Å²) in [6.45, 7) is 15.3. The molecule has 1 rings (SSSR count). The van der Waals surface area contributed by atoms with Gasteiger partial charge in [0.25, 0.3) is 0 Å². The van der Waals surface area contributed by atoms with Crippen molar-refractivity contribution in [2.45, 2.75) is 54.0 Å². The van der Waals surface area contributed by atoms with Crippen molar-refractivity contribution in [3.05, 3.63) is 17.7 Å². The normalized spacial score (nSPS) is 11.7. The van der Waals surface area contributed by atoms with Crippen LogP contribution in [0.5, 0.6) is 5.75 Å². The molecule has 1 heterocycles. The van der Waals surface area contributed by atoms with E-state index in [2.05, 4.69) is 56.8 Å². The molecular weight excluding hydrogens is 250 g/mol. The van der Waals surface area contributed by atoms with Crippen molar-refractivity contribution in [1.82, 2.24) is 15.3 Å². The molecular formula is C16H29N3O. The van der Waals surface area contributed by atoms with Gasteiger partial charge in [-0.15, -0.1) is 0 Å². The molecule has 0 aliphatic heterocycles. The molecule has 4 heteroatoms. The fourth-order valence-electron chi connectivity index (χ4n) is 1.68. The second kappa shape index (κ2) is 8.20. The van der Waals surface area contributed by atoms with E-state index in [1.807, 2.05) is 6.20 Å². The Morgan fingerprint density at radius 1 is 1.10 bits per heavy atom. The minimum atomic E-state index is 0.331. The highest BCUT2D eigenvalue weighted by atomic mass is 16.5. The molecule has 0 aliphatic carbocycles. The molecule has 0 spiro atoms. The first-order chi connectivity index (χ1) is 9.40. The molecule has 4 nitrogen and oxygen atoms in total. The van der Waals surface area contributed by atoms with Crippen molar-refractivity contribution in [1.29, 1.82) is 0 Å². The van der Waals surface area contributed by atoms with Crippen LogP contribution in [0.1, 0.15) is 59.0 Å². The molecule has 0 unspecified atom stereocenters. The lowest BCUT2D eigenvalue weighted by atomic mass is 10.2. The third kappa shape index (κ3) is 5.87. The SMILES string of the molecule is CC(C)CNCc1nc(C(C)C)ncc1OCC(C)C. The monoisotopic (exact) mass is 279 g/mol. The lowest BCUT2D eigenvalue weighted by Crippen LogP contribution is -2.21. The summed E-state index contributed by atoms with van der Waals surface area (Å²) < 4.78 is 5.83. The first-order valence-electron chi connectivity index (χ1n) is 7.59. The molecule has 0 aliphatic rings. The van der Waals surface area contributed by atoms with Gasteiger partial charge in [-0.25, -0.2) is 9.97 Å². The Kier molecular flexibility index (Phi) is 6.93. The predicted octanol–water partition coefficient (Wildman–Crippen LogP) is 3.38. The number of aromatic nitrogens is 2. The minimum Gasteiger partial charge on any atom is -0.490 e. The highest BCUT2D eigenvalue weighted by molar-refractivity contribution is 5.25. The summed E-state index contributed by atoms with van der Waals surface area (Å²) >= 11 is 0. The van der Waals surface area contributed by atoms with Crippen molar-refractivity contribution < 1.29 is 4.74 Å². The second-order valence-corrected chi connectivity index (χ2v) is 6.42. The maximum Gasteiger partial charge on any atom is 0.160 e. The minimum absolute atomic E-state index is 0.331. The molecule has 1 aromatic rings.